The van der Waals surface area contributed by atoms with Crippen molar-refractivity contribution in [3.8, 4) is 6.01 Å². The minimum atomic E-state index is 0.160. The summed E-state index contributed by atoms with van der Waals surface area (Å²) in [5, 5.41) is 3.40. The molecule has 0 bridgehead atoms. The minimum absolute atomic E-state index is 0.160. The van der Waals surface area contributed by atoms with Crippen molar-refractivity contribution in [2.24, 2.45) is 5.41 Å². The second-order valence-corrected chi connectivity index (χ2v) is 5.35. The molecule has 1 fully saturated rings. The van der Waals surface area contributed by atoms with E-state index in [0.717, 1.165) is 6.54 Å². The summed E-state index contributed by atoms with van der Waals surface area (Å²) in [4.78, 5) is 12.1. The molecule has 0 amide bonds. The maximum Gasteiger partial charge on any atom is 0.322 e. The number of nitrogens with one attached hydrogen (secondary N) is 1. The van der Waals surface area contributed by atoms with Crippen LogP contribution in [0.1, 0.15) is 39.5 Å². The molecule has 0 saturated heterocycles. The van der Waals surface area contributed by atoms with Crippen LogP contribution >= 0.6 is 11.6 Å². The Morgan fingerprint density at radius 1 is 1.28 bits per heavy atom. The second kappa shape index (κ2) is 5.69. The monoisotopic (exact) mass is 270 g/mol. The van der Waals surface area contributed by atoms with Gasteiger partial charge in [-0.15, -0.1) is 0 Å². The molecule has 1 aliphatic rings. The van der Waals surface area contributed by atoms with Crippen LogP contribution in [0.15, 0.2) is 0 Å². The predicted molar refractivity (Wildman–Crippen MR) is 71.1 cm³/mol. The third-order valence-corrected chi connectivity index (χ3v) is 3.51. The summed E-state index contributed by atoms with van der Waals surface area (Å²) in [6, 6.07) is 0.275. The highest BCUT2D eigenvalue weighted by Gasteiger charge is 2.28. The van der Waals surface area contributed by atoms with E-state index in [-0.39, 0.29) is 11.3 Å². The van der Waals surface area contributed by atoms with E-state index in [0.29, 0.717) is 18.0 Å². The SMILES string of the molecule is CCOc1nc(Cl)nc(NCC2(C)CCCC2)n1. The number of anilines is 1. The van der Waals surface area contributed by atoms with Crippen molar-refractivity contribution < 1.29 is 4.74 Å². The molecule has 5 nitrogen and oxygen atoms in total. The van der Waals surface area contributed by atoms with Crippen molar-refractivity contribution in [2.75, 3.05) is 18.5 Å². The molecule has 0 unspecified atom stereocenters. The van der Waals surface area contributed by atoms with Crippen LogP contribution in [0.3, 0.4) is 0 Å². The Morgan fingerprint density at radius 2 is 2.00 bits per heavy atom. The fourth-order valence-electron chi connectivity index (χ4n) is 2.30. The molecule has 1 aromatic heterocycles. The van der Waals surface area contributed by atoms with Gasteiger partial charge in [0.05, 0.1) is 6.61 Å². The highest BCUT2D eigenvalue weighted by Crippen LogP contribution is 2.37. The molecule has 1 aromatic rings. The van der Waals surface area contributed by atoms with Crippen molar-refractivity contribution >= 4 is 17.5 Å². The van der Waals surface area contributed by atoms with Crippen molar-refractivity contribution in [1.29, 1.82) is 0 Å². The van der Waals surface area contributed by atoms with Gasteiger partial charge in [-0.25, -0.2) is 0 Å². The number of halogens is 1. The summed E-state index contributed by atoms with van der Waals surface area (Å²) in [5.74, 6) is 0.492. The van der Waals surface area contributed by atoms with Crippen LogP contribution in [0.5, 0.6) is 6.01 Å². The van der Waals surface area contributed by atoms with Gasteiger partial charge in [0.25, 0.3) is 0 Å². The van der Waals surface area contributed by atoms with E-state index >= 15 is 0 Å². The van der Waals surface area contributed by atoms with Crippen LogP contribution < -0.4 is 10.1 Å². The first-order chi connectivity index (χ1) is 8.61. The summed E-state index contributed by atoms with van der Waals surface area (Å²) in [5.41, 5.74) is 0.338. The third-order valence-electron chi connectivity index (χ3n) is 3.34. The quantitative estimate of drug-likeness (QED) is 0.891. The Kier molecular flexibility index (Phi) is 4.22. The lowest BCUT2D eigenvalue weighted by Gasteiger charge is -2.23. The Morgan fingerprint density at radius 3 is 2.67 bits per heavy atom. The Hall–Kier alpha value is -1.10. The summed E-state index contributed by atoms with van der Waals surface area (Å²) >= 11 is 5.83. The summed E-state index contributed by atoms with van der Waals surface area (Å²) in [6.45, 7) is 5.54. The lowest BCUT2D eigenvalue weighted by molar-refractivity contribution is 0.311. The molecule has 0 aliphatic heterocycles. The van der Waals surface area contributed by atoms with Gasteiger partial charge in [-0.3, -0.25) is 0 Å². The molecule has 0 radical (unpaired) electrons. The first-order valence-electron chi connectivity index (χ1n) is 6.39. The highest BCUT2D eigenvalue weighted by atomic mass is 35.5. The van der Waals surface area contributed by atoms with Gasteiger partial charge in [-0.2, -0.15) is 15.0 Å². The first kappa shape index (κ1) is 13.3. The Bertz CT molecular complexity index is 407. The molecule has 0 aromatic carbocycles. The van der Waals surface area contributed by atoms with E-state index in [1.54, 1.807) is 0 Å². The Balaban J connectivity index is 2.00. The molecule has 0 spiro atoms. The zero-order chi connectivity index (χ0) is 13.0. The van der Waals surface area contributed by atoms with Gasteiger partial charge in [-0.1, -0.05) is 19.8 Å². The molecule has 100 valence electrons. The minimum Gasteiger partial charge on any atom is -0.464 e. The number of aromatic nitrogens is 3. The lowest BCUT2D eigenvalue weighted by atomic mass is 9.89. The van der Waals surface area contributed by atoms with E-state index in [1.807, 2.05) is 6.92 Å². The summed E-state index contributed by atoms with van der Waals surface area (Å²) in [6.07, 6.45) is 5.11. The molecule has 18 heavy (non-hydrogen) atoms. The summed E-state index contributed by atoms with van der Waals surface area (Å²) in [7, 11) is 0. The second-order valence-electron chi connectivity index (χ2n) is 5.01. The van der Waals surface area contributed by atoms with Crippen molar-refractivity contribution in [2.45, 2.75) is 39.5 Å². The molecule has 6 heteroatoms. The zero-order valence-corrected chi connectivity index (χ0v) is 11.6. The fourth-order valence-corrected chi connectivity index (χ4v) is 2.45. The third kappa shape index (κ3) is 3.45. The number of hydrogen-bond acceptors (Lipinski definition) is 5. The zero-order valence-electron chi connectivity index (χ0n) is 10.9. The predicted octanol–water partition coefficient (Wildman–Crippen LogP) is 2.92. The van der Waals surface area contributed by atoms with Crippen LogP contribution in [0, 0.1) is 5.41 Å². The number of rotatable bonds is 5. The standard InChI is InChI=1S/C12H19ClN4O/c1-3-18-11-16-9(13)15-10(17-11)14-8-12(2)6-4-5-7-12/h3-8H2,1-2H3,(H,14,15,16,17). The van der Waals surface area contributed by atoms with Crippen molar-refractivity contribution in [3.63, 3.8) is 0 Å². The largest absolute Gasteiger partial charge is 0.464 e. The van der Waals surface area contributed by atoms with E-state index in [9.17, 15) is 0 Å². The molecular weight excluding hydrogens is 252 g/mol. The average molecular weight is 271 g/mol. The average Bonchev–Trinajstić information content (AvgIpc) is 2.74. The number of nitrogens with zero attached hydrogens (tertiary/aromatic N) is 3. The fraction of sp³-hybridized carbons (Fsp3) is 0.750. The van der Waals surface area contributed by atoms with Gasteiger partial charge in [0.2, 0.25) is 11.2 Å². The van der Waals surface area contributed by atoms with Crippen LogP contribution in [-0.2, 0) is 0 Å². The first-order valence-corrected chi connectivity index (χ1v) is 6.77. The molecular formula is C12H19ClN4O. The van der Waals surface area contributed by atoms with Crippen molar-refractivity contribution in [3.05, 3.63) is 5.28 Å². The van der Waals surface area contributed by atoms with Crippen LogP contribution in [0.4, 0.5) is 5.95 Å². The maximum absolute atomic E-state index is 5.83. The topological polar surface area (TPSA) is 59.9 Å². The van der Waals surface area contributed by atoms with Gasteiger partial charge in [0, 0.05) is 6.54 Å². The van der Waals surface area contributed by atoms with Gasteiger partial charge in [-0.05, 0) is 36.8 Å². The smallest absolute Gasteiger partial charge is 0.322 e. The molecule has 0 atom stereocenters. The molecule has 1 aliphatic carbocycles. The number of hydrogen-bond donors (Lipinski definition) is 1. The molecule has 1 N–H and O–H groups in total. The number of ether oxygens (including phenoxy) is 1. The van der Waals surface area contributed by atoms with Crippen molar-refractivity contribution in [1.82, 2.24) is 15.0 Å². The Labute approximate surface area is 112 Å². The maximum atomic E-state index is 5.83. The van der Waals surface area contributed by atoms with Crippen LogP contribution in [0.2, 0.25) is 5.28 Å². The summed E-state index contributed by atoms with van der Waals surface area (Å²) < 4.78 is 5.24. The van der Waals surface area contributed by atoms with E-state index in [4.69, 9.17) is 16.3 Å². The normalized spacial score (nSPS) is 17.7. The highest BCUT2D eigenvalue weighted by molar-refractivity contribution is 6.28. The lowest BCUT2D eigenvalue weighted by Crippen LogP contribution is -2.24. The van der Waals surface area contributed by atoms with Gasteiger partial charge < -0.3 is 10.1 Å². The van der Waals surface area contributed by atoms with Crippen LogP contribution in [-0.4, -0.2) is 28.1 Å². The van der Waals surface area contributed by atoms with Gasteiger partial charge >= 0.3 is 6.01 Å². The van der Waals surface area contributed by atoms with E-state index < -0.39 is 0 Å². The van der Waals surface area contributed by atoms with E-state index in [2.05, 4.69) is 27.2 Å². The van der Waals surface area contributed by atoms with Crippen LogP contribution in [0.25, 0.3) is 0 Å². The molecule has 1 heterocycles. The molecule has 2 rings (SSSR count). The van der Waals surface area contributed by atoms with Gasteiger partial charge in [0.1, 0.15) is 0 Å². The van der Waals surface area contributed by atoms with E-state index in [1.165, 1.54) is 25.7 Å². The van der Waals surface area contributed by atoms with Gasteiger partial charge in [0.15, 0.2) is 0 Å². The molecule has 1 saturated carbocycles.